The Morgan fingerprint density at radius 1 is 1.14 bits per heavy atom. The average Bonchev–Trinajstić information content (AvgIpc) is 3.15. The van der Waals surface area contributed by atoms with Gasteiger partial charge in [0.05, 0.1) is 17.1 Å². The maximum absolute atomic E-state index is 12.2. The Kier molecular flexibility index (Phi) is 9.12. The molecule has 9 heteroatoms. The van der Waals surface area contributed by atoms with Crippen LogP contribution in [0.5, 0.6) is 0 Å². The summed E-state index contributed by atoms with van der Waals surface area (Å²) in [5.74, 6) is -0.651. The number of benzene rings is 2. The zero-order valence-electron chi connectivity index (χ0n) is 19.7. The summed E-state index contributed by atoms with van der Waals surface area (Å²) >= 11 is 7.47. The first-order valence-corrected chi connectivity index (χ1v) is 12.2. The van der Waals surface area contributed by atoms with Crippen LogP contribution in [0.2, 0.25) is 5.02 Å². The number of aryl methyl sites for hydroxylation is 2. The third-order valence-electron chi connectivity index (χ3n) is 5.33. The van der Waals surface area contributed by atoms with Crippen LogP contribution in [0.3, 0.4) is 0 Å². The predicted octanol–water partition coefficient (Wildman–Crippen LogP) is 6.95. The number of ketones is 1. The molecule has 7 nitrogen and oxygen atoms in total. The van der Waals surface area contributed by atoms with Gasteiger partial charge in [-0.15, -0.1) is 21.6 Å². The molecule has 180 valence electrons. The summed E-state index contributed by atoms with van der Waals surface area (Å²) in [6.07, 6.45) is 0.159. The number of Topliss-reactive ketones (excluding diaryl/α,β-unsaturated/α-hetero) is 1. The molecule has 0 aliphatic heterocycles. The fraction of sp³-hybridized carbons (Fsp3) is 0.269. The van der Waals surface area contributed by atoms with Gasteiger partial charge in [0.15, 0.2) is 17.4 Å². The SMILES string of the molecule is CCN(CCC(=O)OCC(=O)c1ccccc1)c1ccc(N=Nc2sc(C)c(Cl)c2C#N)c(C)c1. The van der Waals surface area contributed by atoms with Crippen LogP contribution in [-0.4, -0.2) is 31.4 Å². The van der Waals surface area contributed by atoms with Crippen molar-refractivity contribution in [1.29, 1.82) is 5.26 Å². The number of hydrogen-bond acceptors (Lipinski definition) is 8. The van der Waals surface area contributed by atoms with Gasteiger partial charge in [-0.2, -0.15) is 5.26 Å². The number of nitriles is 1. The molecule has 0 N–H and O–H groups in total. The van der Waals surface area contributed by atoms with Crippen molar-refractivity contribution >= 4 is 51.1 Å². The molecule has 2 aromatic carbocycles. The van der Waals surface area contributed by atoms with Gasteiger partial charge < -0.3 is 9.64 Å². The molecule has 0 spiro atoms. The molecule has 0 aliphatic rings. The molecule has 0 atom stereocenters. The Morgan fingerprint density at radius 2 is 1.89 bits per heavy atom. The second-order valence-electron chi connectivity index (χ2n) is 7.71. The Hall–Kier alpha value is -3.54. The largest absolute Gasteiger partial charge is 0.457 e. The maximum Gasteiger partial charge on any atom is 0.308 e. The summed E-state index contributed by atoms with van der Waals surface area (Å²) < 4.78 is 5.16. The summed E-state index contributed by atoms with van der Waals surface area (Å²) in [7, 11) is 0. The number of carbonyl (C=O) groups excluding carboxylic acids is 2. The summed E-state index contributed by atoms with van der Waals surface area (Å²) in [6.45, 7) is 6.63. The van der Waals surface area contributed by atoms with E-state index in [-0.39, 0.29) is 18.8 Å². The molecule has 35 heavy (non-hydrogen) atoms. The van der Waals surface area contributed by atoms with Gasteiger partial charge in [-0.05, 0) is 44.5 Å². The Balaban J connectivity index is 1.59. The zero-order chi connectivity index (χ0) is 25.4. The first kappa shape index (κ1) is 26.1. The van der Waals surface area contributed by atoms with Crippen molar-refractivity contribution < 1.29 is 14.3 Å². The number of hydrogen-bond donors (Lipinski definition) is 0. The minimum Gasteiger partial charge on any atom is -0.457 e. The van der Waals surface area contributed by atoms with Crippen LogP contribution in [0.25, 0.3) is 0 Å². The molecule has 3 rings (SSSR count). The Morgan fingerprint density at radius 3 is 2.54 bits per heavy atom. The molecule has 0 saturated carbocycles. The lowest BCUT2D eigenvalue weighted by Gasteiger charge is -2.23. The van der Waals surface area contributed by atoms with Crippen LogP contribution in [0.15, 0.2) is 58.8 Å². The third kappa shape index (κ3) is 6.75. The monoisotopic (exact) mass is 508 g/mol. The standard InChI is InChI=1S/C26H25ClN4O3S/c1-4-31(13-12-24(33)34-16-23(32)19-8-6-5-7-9-19)20-10-11-22(17(2)14-20)29-30-26-21(15-28)25(27)18(3)35-26/h5-11,14H,4,12-13,16H2,1-3H3. The normalized spacial score (nSPS) is 10.8. The van der Waals surface area contributed by atoms with Crippen LogP contribution < -0.4 is 4.90 Å². The third-order valence-corrected chi connectivity index (χ3v) is 6.90. The molecule has 0 bridgehead atoms. The Labute approximate surface area is 213 Å². The fourth-order valence-corrected chi connectivity index (χ4v) is 4.46. The molecular formula is C26H25ClN4O3S. The summed E-state index contributed by atoms with van der Waals surface area (Å²) in [4.78, 5) is 27.2. The van der Waals surface area contributed by atoms with Gasteiger partial charge >= 0.3 is 5.97 Å². The van der Waals surface area contributed by atoms with Crippen molar-refractivity contribution in [2.24, 2.45) is 10.2 Å². The van der Waals surface area contributed by atoms with Crippen molar-refractivity contribution in [1.82, 2.24) is 0 Å². The van der Waals surface area contributed by atoms with Gasteiger partial charge in [0.2, 0.25) is 0 Å². The van der Waals surface area contributed by atoms with E-state index in [0.29, 0.717) is 39.9 Å². The van der Waals surface area contributed by atoms with Crippen molar-refractivity contribution in [3.8, 4) is 6.07 Å². The first-order chi connectivity index (χ1) is 16.8. The molecule has 1 heterocycles. The highest BCUT2D eigenvalue weighted by Gasteiger charge is 2.15. The van der Waals surface area contributed by atoms with E-state index in [2.05, 4.69) is 16.3 Å². The van der Waals surface area contributed by atoms with Crippen molar-refractivity contribution in [3.63, 3.8) is 0 Å². The van der Waals surface area contributed by atoms with E-state index in [1.165, 1.54) is 11.3 Å². The van der Waals surface area contributed by atoms with E-state index in [1.807, 2.05) is 49.9 Å². The number of rotatable bonds is 10. The van der Waals surface area contributed by atoms with Crippen LogP contribution >= 0.6 is 22.9 Å². The number of thiophene rings is 1. The van der Waals surface area contributed by atoms with Gasteiger partial charge in [-0.1, -0.05) is 41.9 Å². The fourth-order valence-electron chi connectivity index (χ4n) is 3.35. The van der Waals surface area contributed by atoms with E-state index in [4.69, 9.17) is 16.3 Å². The molecule has 0 radical (unpaired) electrons. The highest BCUT2D eigenvalue weighted by molar-refractivity contribution is 7.16. The predicted molar refractivity (Wildman–Crippen MR) is 138 cm³/mol. The van der Waals surface area contributed by atoms with Crippen molar-refractivity contribution in [2.75, 3.05) is 24.6 Å². The summed E-state index contributed by atoms with van der Waals surface area (Å²) in [5, 5.41) is 18.7. The smallest absolute Gasteiger partial charge is 0.308 e. The second kappa shape index (κ2) is 12.2. The number of anilines is 1. The highest BCUT2D eigenvalue weighted by Crippen LogP contribution is 2.39. The van der Waals surface area contributed by atoms with Gasteiger partial charge in [0, 0.05) is 29.2 Å². The molecule has 0 aliphatic carbocycles. The van der Waals surface area contributed by atoms with E-state index >= 15 is 0 Å². The van der Waals surface area contributed by atoms with Gasteiger partial charge in [-0.3, -0.25) is 9.59 Å². The van der Waals surface area contributed by atoms with Crippen molar-refractivity contribution in [3.05, 3.63) is 75.1 Å². The number of ether oxygens (including phenoxy) is 1. The average molecular weight is 509 g/mol. The number of azo groups is 1. The lowest BCUT2D eigenvalue weighted by molar-refractivity contribution is -0.142. The Bertz CT molecular complexity index is 1280. The molecule has 0 saturated heterocycles. The topological polar surface area (TPSA) is 95.1 Å². The van der Waals surface area contributed by atoms with E-state index in [9.17, 15) is 14.9 Å². The number of halogens is 1. The zero-order valence-corrected chi connectivity index (χ0v) is 21.3. The number of esters is 1. The lowest BCUT2D eigenvalue weighted by Crippen LogP contribution is -2.27. The van der Waals surface area contributed by atoms with Gasteiger partial charge in [0.25, 0.3) is 0 Å². The van der Waals surface area contributed by atoms with E-state index < -0.39 is 5.97 Å². The highest BCUT2D eigenvalue weighted by atomic mass is 35.5. The minimum absolute atomic E-state index is 0.159. The van der Waals surface area contributed by atoms with Crippen LogP contribution in [-0.2, 0) is 9.53 Å². The quantitative estimate of drug-likeness (QED) is 0.168. The van der Waals surface area contributed by atoms with Crippen LogP contribution in [0, 0.1) is 25.2 Å². The van der Waals surface area contributed by atoms with E-state index in [0.717, 1.165) is 16.1 Å². The van der Waals surface area contributed by atoms with E-state index in [1.54, 1.807) is 24.3 Å². The molecule has 0 fully saturated rings. The maximum atomic E-state index is 12.2. The molecule has 3 aromatic rings. The van der Waals surface area contributed by atoms with Gasteiger partial charge in [-0.25, -0.2) is 0 Å². The number of carbonyl (C=O) groups is 2. The lowest BCUT2D eigenvalue weighted by atomic mass is 10.1. The van der Waals surface area contributed by atoms with Crippen LogP contribution in [0.1, 0.15) is 39.7 Å². The van der Waals surface area contributed by atoms with Gasteiger partial charge in [0.1, 0.15) is 11.6 Å². The van der Waals surface area contributed by atoms with Crippen molar-refractivity contribution in [2.45, 2.75) is 27.2 Å². The second-order valence-corrected chi connectivity index (χ2v) is 9.30. The minimum atomic E-state index is -0.423. The molecular weight excluding hydrogens is 484 g/mol. The first-order valence-electron chi connectivity index (χ1n) is 11.0. The number of nitrogens with zero attached hydrogens (tertiary/aromatic N) is 4. The molecule has 1 aromatic heterocycles. The summed E-state index contributed by atoms with van der Waals surface area (Å²) in [5.41, 5.74) is 3.37. The molecule has 0 unspecified atom stereocenters. The summed E-state index contributed by atoms with van der Waals surface area (Å²) in [6, 6.07) is 16.6. The van der Waals surface area contributed by atoms with Crippen LogP contribution in [0.4, 0.5) is 16.4 Å². The molecule has 0 amide bonds.